The van der Waals surface area contributed by atoms with Gasteiger partial charge in [0, 0.05) is 25.8 Å². The Morgan fingerprint density at radius 2 is 2.21 bits per heavy atom. The van der Waals surface area contributed by atoms with E-state index >= 15 is 0 Å². The molecule has 1 aromatic carbocycles. The van der Waals surface area contributed by atoms with Crippen molar-refractivity contribution in [3.63, 3.8) is 0 Å². The van der Waals surface area contributed by atoms with Gasteiger partial charge >= 0.3 is 0 Å². The number of carbonyl (C=O) groups excluding carboxylic acids is 1. The van der Waals surface area contributed by atoms with Crippen LogP contribution in [0.5, 0.6) is 0 Å². The molecule has 0 bridgehead atoms. The van der Waals surface area contributed by atoms with Crippen LogP contribution in [0, 0.1) is 12.7 Å². The van der Waals surface area contributed by atoms with Gasteiger partial charge in [-0.2, -0.15) is 0 Å². The molecule has 104 valence electrons. The molecule has 4 heteroatoms. The third-order valence-corrected chi connectivity index (χ3v) is 3.84. The monoisotopic (exact) mass is 265 g/mol. The topological polar surface area (TPSA) is 29.5 Å². The molecule has 1 fully saturated rings. The summed E-state index contributed by atoms with van der Waals surface area (Å²) in [6.07, 6.45) is 1.88. The van der Waals surface area contributed by atoms with Crippen molar-refractivity contribution in [2.75, 3.05) is 20.2 Å². The van der Waals surface area contributed by atoms with Crippen molar-refractivity contribution in [3.8, 4) is 0 Å². The fourth-order valence-corrected chi connectivity index (χ4v) is 2.51. The Morgan fingerprint density at radius 1 is 1.47 bits per heavy atom. The highest BCUT2D eigenvalue weighted by molar-refractivity contribution is 5.94. The molecule has 1 atom stereocenters. The first-order valence-electron chi connectivity index (χ1n) is 6.56. The Kier molecular flexibility index (Phi) is 3.90. The summed E-state index contributed by atoms with van der Waals surface area (Å²) in [5.74, 6) is -0.331. The van der Waals surface area contributed by atoms with E-state index in [0.717, 1.165) is 19.4 Å². The van der Waals surface area contributed by atoms with E-state index in [1.54, 1.807) is 31.1 Å². The van der Waals surface area contributed by atoms with E-state index in [4.69, 9.17) is 4.74 Å². The predicted octanol–water partition coefficient (Wildman–Crippen LogP) is 2.78. The molecule has 0 spiro atoms. The van der Waals surface area contributed by atoms with Crippen LogP contribution in [-0.4, -0.2) is 36.6 Å². The van der Waals surface area contributed by atoms with E-state index in [0.29, 0.717) is 17.7 Å². The summed E-state index contributed by atoms with van der Waals surface area (Å²) in [4.78, 5) is 14.2. The Morgan fingerprint density at radius 3 is 2.84 bits per heavy atom. The summed E-state index contributed by atoms with van der Waals surface area (Å²) >= 11 is 0. The molecule has 0 saturated carbocycles. The Labute approximate surface area is 113 Å². The Bertz CT molecular complexity index is 489. The number of ether oxygens (including phenoxy) is 1. The number of amides is 1. The molecule has 1 aliphatic rings. The van der Waals surface area contributed by atoms with Gasteiger partial charge in [-0.15, -0.1) is 0 Å². The second-order valence-electron chi connectivity index (χ2n) is 5.45. The van der Waals surface area contributed by atoms with E-state index in [1.165, 1.54) is 6.07 Å². The summed E-state index contributed by atoms with van der Waals surface area (Å²) < 4.78 is 18.7. The molecule has 1 heterocycles. The molecular weight excluding hydrogens is 245 g/mol. The summed E-state index contributed by atoms with van der Waals surface area (Å²) in [7, 11) is 1.68. The molecule has 1 aliphatic heterocycles. The maximum atomic E-state index is 13.2. The molecular formula is C15H20FNO2. The van der Waals surface area contributed by atoms with Crippen molar-refractivity contribution in [2.24, 2.45) is 0 Å². The molecule has 0 aromatic heterocycles. The van der Waals surface area contributed by atoms with Crippen LogP contribution in [0.3, 0.4) is 0 Å². The van der Waals surface area contributed by atoms with Crippen molar-refractivity contribution in [2.45, 2.75) is 32.3 Å². The van der Waals surface area contributed by atoms with Crippen molar-refractivity contribution < 1.29 is 13.9 Å². The summed E-state index contributed by atoms with van der Waals surface area (Å²) in [5.41, 5.74) is 0.764. The fraction of sp³-hybridized carbons (Fsp3) is 0.533. The van der Waals surface area contributed by atoms with E-state index in [2.05, 4.69) is 0 Å². The molecule has 0 aliphatic carbocycles. The smallest absolute Gasteiger partial charge is 0.253 e. The van der Waals surface area contributed by atoms with E-state index < -0.39 is 0 Å². The fourth-order valence-electron chi connectivity index (χ4n) is 2.51. The van der Waals surface area contributed by atoms with E-state index in [9.17, 15) is 9.18 Å². The van der Waals surface area contributed by atoms with Crippen molar-refractivity contribution in [1.29, 1.82) is 0 Å². The summed E-state index contributed by atoms with van der Waals surface area (Å²) in [6, 6.07) is 4.50. The van der Waals surface area contributed by atoms with E-state index in [-0.39, 0.29) is 17.3 Å². The van der Waals surface area contributed by atoms with Gasteiger partial charge in [-0.05, 0) is 50.5 Å². The Hall–Kier alpha value is -1.42. The lowest BCUT2D eigenvalue weighted by Crippen LogP contribution is -2.49. The number of hydrogen-bond donors (Lipinski definition) is 0. The van der Waals surface area contributed by atoms with Gasteiger partial charge in [0.25, 0.3) is 5.91 Å². The highest BCUT2D eigenvalue weighted by Gasteiger charge is 2.33. The van der Waals surface area contributed by atoms with Crippen LogP contribution in [0.1, 0.15) is 35.7 Å². The van der Waals surface area contributed by atoms with Gasteiger partial charge in [-0.3, -0.25) is 4.79 Å². The van der Waals surface area contributed by atoms with Gasteiger partial charge in [-0.1, -0.05) is 0 Å². The second-order valence-corrected chi connectivity index (χ2v) is 5.45. The molecule has 19 heavy (non-hydrogen) atoms. The van der Waals surface area contributed by atoms with E-state index in [1.807, 2.05) is 6.92 Å². The molecule has 1 aromatic rings. The summed E-state index contributed by atoms with van der Waals surface area (Å²) in [6.45, 7) is 5.00. The van der Waals surface area contributed by atoms with Gasteiger partial charge in [0.2, 0.25) is 0 Å². The zero-order valence-corrected chi connectivity index (χ0v) is 11.7. The maximum absolute atomic E-state index is 13.2. The third kappa shape index (κ3) is 2.95. The minimum atomic E-state index is -0.281. The van der Waals surface area contributed by atoms with Crippen LogP contribution in [-0.2, 0) is 4.74 Å². The largest absolute Gasteiger partial charge is 0.377 e. The number of likely N-dealkylation sites (tertiary alicyclic amines) is 1. The average molecular weight is 265 g/mol. The number of benzene rings is 1. The number of carbonyl (C=O) groups is 1. The van der Waals surface area contributed by atoms with Gasteiger partial charge in [0.05, 0.1) is 5.60 Å². The molecule has 1 unspecified atom stereocenters. The van der Waals surface area contributed by atoms with Crippen LogP contribution in [0.25, 0.3) is 0 Å². The average Bonchev–Trinajstić information content (AvgIpc) is 2.41. The van der Waals surface area contributed by atoms with Crippen molar-refractivity contribution in [3.05, 3.63) is 35.1 Å². The predicted molar refractivity (Wildman–Crippen MR) is 71.7 cm³/mol. The molecule has 3 nitrogen and oxygen atoms in total. The minimum Gasteiger partial charge on any atom is -0.377 e. The SMILES string of the molecule is COC1(C)CCCN(C(=O)c2ccc(F)c(C)c2)C1. The number of methoxy groups -OCH3 is 1. The molecule has 2 rings (SSSR count). The molecule has 1 saturated heterocycles. The van der Waals surface area contributed by atoms with Gasteiger partial charge in [0.1, 0.15) is 5.82 Å². The quantitative estimate of drug-likeness (QED) is 0.823. The highest BCUT2D eigenvalue weighted by Crippen LogP contribution is 2.25. The lowest BCUT2D eigenvalue weighted by molar-refractivity contribution is -0.0440. The van der Waals surface area contributed by atoms with Crippen molar-refractivity contribution >= 4 is 5.91 Å². The van der Waals surface area contributed by atoms with Crippen LogP contribution in [0.2, 0.25) is 0 Å². The van der Waals surface area contributed by atoms with Gasteiger partial charge in [-0.25, -0.2) is 4.39 Å². The zero-order chi connectivity index (χ0) is 14.0. The third-order valence-electron chi connectivity index (χ3n) is 3.84. The minimum absolute atomic E-state index is 0.0499. The Balaban J connectivity index is 2.17. The van der Waals surface area contributed by atoms with Gasteiger partial charge in [0.15, 0.2) is 0 Å². The lowest BCUT2D eigenvalue weighted by Gasteiger charge is -2.39. The number of halogens is 1. The molecule has 0 radical (unpaired) electrons. The van der Waals surface area contributed by atoms with Crippen LogP contribution in [0.15, 0.2) is 18.2 Å². The van der Waals surface area contributed by atoms with Crippen LogP contribution < -0.4 is 0 Å². The number of piperidine rings is 1. The number of nitrogens with zero attached hydrogens (tertiary/aromatic N) is 1. The number of rotatable bonds is 2. The van der Waals surface area contributed by atoms with Gasteiger partial charge < -0.3 is 9.64 Å². The molecule has 0 N–H and O–H groups in total. The number of aryl methyl sites for hydroxylation is 1. The highest BCUT2D eigenvalue weighted by atomic mass is 19.1. The van der Waals surface area contributed by atoms with Crippen molar-refractivity contribution in [1.82, 2.24) is 4.90 Å². The van der Waals surface area contributed by atoms with Crippen LogP contribution in [0.4, 0.5) is 4.39 Å². The lowest BCUT2D eigenvalue weighted by atomic mass is 9.94. The standard InChI is InChI=1S/C15H20FNO2/c1-11-9-12(5-6-13(11)16)14(18)17-8-4-7-15(2,10-17)19-3/h5-6,9H,4,7-8,10H2,1-3H3. The zero-order valence-electron chi connectivity index (χ0n) is 11.7. The normalized spacial score (nSPS) is 23.5. The second kappa shape index (κ2) is 5.29. The summed E-state index contributed by atoms with van der Waals surface area (Å²) in [5, 5.41) is 0. The maximum Gasteiger partial charge on any atom is 0.253 e. The number of hydrogen-bond acceptors (Lipinski definition) is 2. The molecule has 1 amide bonds. The first kappa shape index (κ1) is 14.0. The first-order valence-corrected chi connectivity index (χ1v) is 6.56. The van der Waals surface area contributed by atoms with Crippen LogP contribution >= 0.6 is 0 Å². The first-order chi connectivity index (χ1) is 8.95.